The first-order valence-corrected chi connectivity index (χ1v) is 5.78. The van der Waals surface area contributed by atoms with Gasteiger partial charge in [-0.2, -0.15) is 0 Å². The lowest BCUT2D eigenvalue weighted by Gasteiger charge is -2.20. The Morgan fingerprint density at radius 1 is 1.33 bits per heavy atom. The van der Waals surface area contributed by atoms with Gasteiger partial charge in [0.25, 0.3) is 0 Å². The number of pyridine rings is 1. The third kappa shape index (κ3) is 1.80. The fourth-order valence-electron chi connectivity index (χ4n) is 2.47. The zero-order chi connectivity index (χ0) is 10.3. The van der Waals surface area contributed by atoms with Crippen LogP contribution < -0.4 is 5.32 Å². The van der Waals surface area contributed by atoms with E-state index in [1.165, 1.54) is 18.4 Å². The van der Waals surface area contributed by atoms with Crippen LogP contribution in [0.4, 0.5) is 0 Å². The summed E-state index contributed by atoms with van der Waals surface area (Å²) in [6.07, 6.45) is 7.70. The molecule has 2 aliphatic heterocycles. The predicted molar refractivity (Wildman–Crippen MR) is 61.8 cm³/mol. The van der Waals surface area contributed by atoms with Crippen molar-refractivity contribution in [1.29, 1.82) is 0 Å². The van der Waals surface area contributed by atoms with Crippen LogP contribution in [0.2, 0.25) is 5.02 Å². The molecule has 15 heavy (non-hydrogen) atoms. The Balaban J connectivity index is 1.91. The highest BCUT2D eigenvalue weighted by molar-refractivity contribution is 6.30. The van der Waals surface area contributed by atoms with E-state index in [9.17, 15) is 0 Å². The lowest BCUT2D eigenvalue weighted by Crippen LogP contribution is -2.32. The molecule has 2 bridgehead atoms. The van der Waals surface area contributed by atoms with Gasteiger partial charge >= 0.3 is 0 Å². The molecule has 2 nitrogen and oxygen atoms in total. The molecule has 0 unspecified atom stereocenters. The third-order valence-corrected chi connectivity index (χ3v) is 3.42. The Labute approximate surface area is 94.4 Å². The summed E-state index contributed by atoms with van der Waals surface area (Å²) in [6, 6.07) is 5.15. The van der Waals surface area contributed by atoms with Crippen LogP contribution in [0.25, 0.3) is 5.57 Å². The van der Waals surface area contributed by atoms with Gasteiger partial charge in [-0.3, -0.25) is 4.98 Å². The first-order chi connectivity index (χ1) is 7.31. The molecule has 2 atom stereocenters. The quantitative estimate of drug-likeness (QED) is 0.787. The van der Waals surface area contributed by atoms with Gasteiger partial charge in [0.15, 0.2) is 0 Å². The van der Waals surface area contributed by atoms with Crippen molar-refractivity contribution < 1.29 is 0 Å². The molecule has 3 heteroatoms. The molecule has 0 spiro atoms. The van der Waals surface area contributed by atoms with Crippen LogP contribution in [-0.2, 0) is 0 Å². The van der Waals surface area contributed by atoms with Gasteiger partial charge in [0.1, 0.15) is 0 Å². The van der Waals surface area contributed by atoms with Gasteiger partial charge in [-0.05, 0) is 37.0 Å². The second kappa shape index (κ2) is 3.62. The van der Waals surface area contributed by atoms with Crippen molar-refractivity contribution in [2.75, 3.05) is 0 Å². The number of nitrogens with one attached hydrogen (secondary N) is 1. The van der Waals surface area contributed by atoms with Gasteiger partial charge in [0, 0.05) is 18.3 Å². The topological polar surface area (TPSA) is 24.9 Å². The molecule has 2 aliphatic rings. The maximum absolute atomic E-state index is 5.83. The third-order valence-electron chi connectivity index (χ3n) is 3.20. The smallest absolute Gasteiger partial charge is 0.0660 e. The van der Waals surface area contributed by atoms with Crippen molar-refractivity contribution in [3.8, 4) is 0 Å². The number of aromatic nitrogens is 1. The Hall–Kier alpha value is -0.860. The summed E-state index contributed by atoms with van der Waals surface area (Å²) in [6.45, 7) is 0. The molecule has 1 aromatic rings. The van der Waals surface area contributed by atoms with E-state index in [-0.39, 0.29) is 0 Å². The van der Waals surface area contributed by atoms with Crippen LogP contribution in [0.5, 0.6) is 0 Å². The van der Waals surface area contributed by atoms with Crippen LogP contribution >= 0.6 is 11.6 Å². The highest BCUT2D eigenvalue weighted by Gasteiger charge is 2.28. The van der Waals surface area contributed by atoms with Crippen molar-refractivity contribution in [3.05, 3.63) is 35.1 Å². The molecule has 1 N–H and O–H groups in total. The summed E-state index contributed by atoms with van der Waals surface area (Å²) >= 11 is 5.83. The first-order valence-electron chi connectivity index (χ1n) is 5.40. The van der Waals surface area contributed by atoms with Crippen LogP contribution in [0.3, 0.4) is 0 Å². The fraction of sp³-hybridized carbons (Fsp3) is 0.417. The van der Waals surface area contributed by atoms with Crippen molar-refractivity contribution in [2.24, 2.45) is 0 Å². The lowest BCUT2D eigenvalue weighted by molar-refractivity contribution is 0.574. The van der Waals surface area contributed by atoms with Crippen LogP contribution in [-0.4, -0.2) is 17.1 Å². The summed E-state index contributed by atoms with van der Waals surface area (Å²) in [5, 5.41) is 4.28. The number of nitrogens with zero attached hydrogens (tertiary/aromatic N) is 1. The molecular weight excluding hydrogens is 208 g/mol. The van der Waals surface area contributed by atoms with E-state index < -0.39 is 0 Å². The Morgan fingerprint density at radius 2 is 2.27 bits per heavy atom. The molecule has 0 saturated carbocycles. The van der Waals surface area contributed by atoms with Crippen molar-refractivity contribution >= 4 is 17.2 Å². The highest BCUT2D eigenvalue weighted by Crippen LogP contribution is 2.31. The monoisotopic (exact) mass is 220 g/mol. The van der Waals surface area contributed by atoms with E-state index in [1.807, 2.05) is 12.1 Å². The van der Waals surface area contributed by atoms with E-state index in [4.69, 9.17) is 11.6 Å². The molecule has 1 aromatic heterocycles. The van der Waals surface area contributed by atoms with Crippen molar-refractivity contribution in [2.45, 2.75) is 31.3 Å². The minimum atomic E-state index is 0.566. The second-order valence-electron chi connectivity index (χ2n) is 4.31. The van der Waals surface area contributed by atoms with Crippen LogP contribution in [0.1, 0.15) is 25.0 Å². The minimum Gasteiger partial charge on any atom is -0.307 e. The zero-order valence-corrected chi connectivity index (χ0v) is 9.17. The molecule has 78 valence electrons. The number of halogens is 1. The number of hydrogen-bond acceptors (Lipinski definition) is 2. The van der Waals surface area contributed by atoms with Crippen LogP contribution in [0.15, 0.2) is 24.4 Å². The normalized spacial score (nSPS) is 29.0. The zero-order valence-electron chi connectivity index (χ0n) is 8.41. The van der Waals surface area contributed by atoms with Gasteiger partial charge in [-0.25, -0.2) is 0 Å². The molecule has 0 radical (unpaired) electrons. The van der Waals surface area contributed by atoms with Gasteiger partial charge in [0.2, 0.25) is 0 Å². The molecule has 1 saturated heterocycles. The molecule has 0 amide bonds. The van der Waals surface area contributed by atoms with E-state index >= 15 is 0 Å². The maximum Gasteiger partial charge on any atom is 0.0660 e. The van der Waals surface area contributed by atoms with E-state index in [0.717, 1.165) is 12.1 Å². The van der Waals surface area contributed by atoms with Crippen molar-refractivity contribution in [1.82, 2.24) is 10.3 Å². The largest absolute Gasteiger partial charge is 0.307 e. The molecule has 3 heterocycles. The van der Waals surface area contributed by atoms with E-state index in [0.29, 0.717) is 17.1 Å². The van der Waals surface area contributed by atoms with Crippen LogP contribution in [0, 0.1) is 0 Å². The number of hydrogen-bond donors (Lipinski definition) is 1. The number of fused-ring (bicyclic) bond motifs is 2. The number of rotatable bonds is 1. The van der Waals surface area contributed by atoms with Crippen molar-refractivity contribution in [3.63, 3.8) is 0 Å². The summed E-state index contributed by atoms with van der Waals surface area (Å²) in [4.78, 5) is 4.37. The molecule has 3 rings (SSSR count). The fourth-order valence-corrected chi connectivity index (χ4v) is 2.59. The van der Waals surface area contributed by atoms with Gasteiger partial charge < -0.3 is 5.32 Å². The molecule has 0 aliphatic carbocycles. The SMILES string of the molecule is Clc1ccc(C2=C[C@@H]3CC[C@H](C2)N3)nc1. The standard InChI is InChI=1S/C12H13ClN2/c13-9-1-4-12(14-7-9)8-5-10-2-3-11(6-8)15-10/h1,4-5,7,10-11,15H,2-3,6H2/t10-,11+/m0/s1. The van der Waals surface area contributed by atoms with E-state index in [2.05, 4.69) is 16.4 Å². The predicted octanol–water partition coefficient (Wildman–Crippen LogP) is 2.64. The van der Waals surface area contributed by atoms with Gasteiger partial charge in [-0.15, -0.1) is 0 Å². The van der Waals surface area contributed by atoms with Gasteiger partial charge in [-0.1, -0.05) is 17.7 Å². The average Bonchev–Trinajstić information content (AvgIpc) is 2.59. The maximum atomic E-state index is 5.83. The summed E-state index contributed by atoms with van der Waals surface area (Å²) in [5.41, 5.74) is 2.45. The summed E-state index contributed by atoms with van der Waals surface area (Å²) in [5.74, 6) is 0. The molecule has 0 aromatic carbocycles. The Morgan fingerprint density at radius 3 is 3.00 bits per heavy atom. The highest BCUT2D eigenvalue weighted by atomic mass is 35.5. The summed E-state index contributed by atoms with van der Waals surface area (Å²) in [7, 11) is 0. The first kappa shape index (κ1) is 9.37. The molecule has 1 fully saturated rings. The minimum absolute atomic E-state index is 0.566. The van der Waals surface area contributed by atoms with Gasteiger partial charge in [0.05, 0.1) is 10.7 Å². The summed E-state index contributed by atoms with van der Waals surface area (Å²) < 4.78 is 0. The lowest BCUT2D eigenvalue weighted by atomic mass is 10.0. The second-order valence-corrected chi connectivity index (χ2v) is 4.74. The molecular formula is C12H13ClN2. The average molecular weight is 221 g/mol. The Bertz CT molecular complexity index is 397. The van der Waals surface area contributed by atoms with E-state index in [1.54, 1.807) is 6.20 Å². The Kier molecular flexibility index (Phi) is 2.26.